The van der Waals surface area contributed by atoms with Crippen LogP contribution in [0, 0.1) is 0 Å². The number of ether oxygens (including phenoxy) is 2. The maximum absolute atomic E-state index is 13.1. The van der Waals surface area contributed by atoms with Crippen LogP contribution in [0.4, 0.5) is 4.79 Å². The fraction of sp³-hybridized carbons (Fsp3) is 0.308. The molecule has 2 aromatic rings. The summed E-state index contributed by atoms with van der Waals surface area (Å²) in [7, 11) is 0. The molecule has 2 aliphatic rings. The Morgan fingerprint density at radius 2 is 1.73 bits per heavy atom. The van der Waals surface area contributed by atoms with Crippen molar-refractivity contribution in [3.05, 3.63) is 80.9 Å². The van der Waals surface area contributed by atoms with Gasteiger partial charge in [-0.15, -0.1) is 0 Å². The molecule has 37 heavy (non-hydrogen) atoms. The highest BCUT2D eigenvalue weighted by atomic mass is 35.5. The van der Waals surface area contributed by atoms with Crippen LogP contribution in [0.1, 0.15) is 46.8 Å². The van der Waals surface area contributed by atoms with Crippen molar-refractivity contribution in [1.29, 1.82) is 0 Å². The van der Waals surface area contributed by atoms with Crippen LogP contribution in [-0.2, 0) is 38.7 Å². The van der Waals surface area contributed by atoms with Gasteiger partial charge in [-0.05, 0) is 54.3 Å². The summed E-state index contributed by atoms with van der Waals surface area (Å²) in [6.45, 7) is 2.28. The standard InChI is InChI=1S/C26H27ClN4O6/c1-16-7-8-31-24(33)22(16)11-23(32)28-14-20-10-21(27)6-5-19(20)13-29-26(35)37-15-36-25(34)18-4-2-3-17(9-18)12-30-31/h2-6,9-10,30H,7-8,11-15H2,1H3,(H,28,32)(H,29,35). The van der Waals surface area contributed by atoms with Gasteiger partial charge in [0, 0.05) is 36.8 Å². The molecule has 0 saturated heterocycles. The number of halogens is 1. The van der Waals surface area contributed by atoms with E-state index in [2.05, 4.69) is 16.1 Å². The number of rotatable bonds is 0. The number of alkyl carbamates (subject to hydrolysis) is 1. The number of hydrogen-bond acceptors (Lipinski definition) is 7. The van der Waals surface area contributed by atoms with Crippen LogP contribution in [0.25, 0.3) is 0 Å². The Balaban J connectivity index is 1.56. The highest BCUT2D eigenvalue weighted by Crippen LogP contribution is 2.22. The zero-order valence-corrected chi connectivity index (χ0v) is 21.0. The Morgan fingerprint density at radius 1 is 0.919 bits per heavy atom. The van der Waals surface area contributed by atoms with Gasteiger partial charge in [-0.25, -0.2) is 15.0 Å². The highest BCUT2D eigenvalue weighted by molar-refractivity contribution is 6.30. The van der Waals surface area contributed by atoms with Gasteiger partial charge in [-0.3, -0.25) is 14.6 Å². The van der Waals surface area contributed by atoms with Crippen molar-refractivity contribution in [2.24, 2.45) is 0 Å². The number of hydrogen-bond donors (Lipinski definition) is 3. The van der Waals surface area contributed by atoms with Crippen molar-refractivity contribution in [3.8, 4) is 0 Å². The van der Waals surface area contributed by atoms with Gasteiger partial charge in [0.25, 0.3) is 5.91 Å². The third-order valence-corrected chi connectivity index (χ3v) is 6.39. The monoisotopic (exact) mass is 526 g/mol. The molecule has 0 unspecified atom stereocenters. The van der Waals surface area contributed by atoms with Gasteiger partial charge in [0.2, 0.25) is 12.7 Å². The Labute approximate surface area is 218 Å². The molecule has 4 bridgehead atoms. The quantitative estimate of drug-likeness (QED) is 0.450. The lowest BCUT2D eigenvalue weighted by molar-refractivity contribution is -0.132. The van der Waals surface area contributed by atoms with E-state index in [1.807, 2.05) is 6.92 Å². The number of hydrazine groups is 1. The van der Waals surface area contributed by atoms with Crippen molar-refractivity contribution >= 4 is 35.5 Å². The van der Waals surface area contributed by atoms with Crippen LogP contribution in [0.3, 0.4) is 0 Å². The zero-order valence-electron chi connectivity index (χ0n) is 20.3. The van der Waals surface area contributed by atoms with Crippen LogP contribution in [0.15, 0.2) is 53.6 Å². The van der Waals surface area contributed by atoms with Gasteiger partial charge in [0.1, 0.15) is 0 Å². The largest absolute Gasteiger partial charge is 0.424 e. The number of carbonyl (C=O) groups excluding carboxylic acids is 4. The summed E-state index contributed by atoms with van der Waals surface area (Å²) in [5, 5.41) is 7.38. The molecule has 4 rings (SSSR count). The van der Waals surface area contributed by atoms with Crippen molar-refractivity contribution in [2.45, 2.75) is 39.4 Å². The first-order chi connectivity index (χ1) is 17.8. The molecule has 0 aliphatic carbocycles. The molecule has 0 aromatic heterocycles. The molecule has 0 saturated carbocycles. The predicted molar refractivity (Wildman–Crippen MR) is 134 cm³/mol. The molecule has 11 heteroatoms. The molecule has 0 atom stereocenters. The molecular formula is C26H27ClN4O6. The number of benzene rings is 2. The van der Waals surface area contributed by atoms with E-state index in [4.69, 9.17) is 21.1 Å². The number of cyclic esters (lactones) is 2. The van der Waals surface area contributed by atoms with E-state index >= 15 is 0 Å². The second-order valence-corrected chi connectivity index (χ2v) is 9.14. The molecule has 2 aromatic carbocycles. The summed E-state index contributed by atoms with van der Waals surface area (Å²) >= 11 is 6.14. The fourth-order valence-corrected chi connectivity index (χ4v) is 4.23. The minimum absolute atomic E-state index is 0.0648. The smallest absolute Gasteiger partial charge is 0.410 e. The highest BCUT2D eigenvalue weighted by Gasteiger charge is 2.27. The molecule has 194 valence electrons. The number of nitrogens with one attached hydrogen (secondary N) is 3. The summed E-state index contributed by atoms with van der Waals surface area (Å²) in [4.78, 5) is 50.4. The number of fused-ring (bicyclic) bond motifs is 5. The van der Waals surface area contributed by atoms with E-state index in [1.54, 1.807) is 42.5 Å². The summed E-state index contributed by atoms with van der Waals surface area (Å²) in [6, 6.07) is 11.8. The van der Waals surface area contributed by atoms with Gasteiger partial charge in [-0.1, -0.05) is 35.4 Å². The van der Waals surface area contributed by atoms with Crippen LogP contribution in [0.2, 0.25) is 5.02 Å². The first-order valence-corrected chi connectivity index (χ1v) is 12.1. The SMILES string of the molecule is CC1=C2CC(=O)NCc3cc(Cl)ccc3CNC(=O)OCOC(=O)c3cccc(c3)CNN(CC1)C2=O. The molecule has 2 aliphatic heterocycles. The first-order valence-electron chi connectivity index (χ1n) is 11.7. The second kappa shape index (κ2) is 11.9. The number of esters is 1. The molecule has 0 spiro atoms. The molecule has 0 fully saturated rings. The third kappa shape index (κ3) is 6.87. The van der Waals surface area contributed by atoms with E-state index in [1.165, 1.54) is 5.01 Å². The third-order valence-electron chi connectivity index (χ3n) is 6.15. The topological polar surface area (TPSA) is 126 Å². The van der Waals surface area contributed by atoms with Crippen molar-refractivity contribution in [3.63, 3.8) is 0 Å². The van der Waals surface area contributed by atoms with Crippen molar-refractivity contribution in [1.82, 2.24) is 21.1 Å². The maximum atomic E-state index is 13.1. The van der Waals surface area contributed by atoms with Crippen LogP contribution in [0.5, 0.6) is 0 Å². The lowest BCUT2D eigenvalue weighted by Gasteiger charge is -2.30. The van der Waals surface area contributed by atoms with E-state index in [0.717, 1.165) is 11.1 Å². The van der Waals surface area contributed by atoms with Crippen LogP contribution < -0.4 is 16.1 Å². The Bertz CT molecular complexity index is 1260. The van der Waals surface area contributed by atoms with Crippen LogP contribution in [-0.4, -0.2) is 42.2 Å². The van der Waals surface area contributed by atoms with E-state index in [0.29, 0.717) is 34.7 Å². The Kier molecular flexibility index (Phi) is 8.42. The minimum Gasteiger partial charge on any atom is -0.424 e. The predicted octanol–water partition coefficient (Wildman–Crippen LogP) is 2.95. The molecular weight excluding hydrogens is 500 g/mol. The lowest BCUT2D eigenvalue weighted by atomic mass is 9.98. The Morgan fingerprint density at radius 3 is 2.57 bits per heavy atom. The van der Waals surface area contributed by atoms with Crippen molar-refractivity contribution in [2.75, 3.05) is 13.3 Å². The second-order valence-electron chi connectivity index (χ2n) is 8.70. The maximum Gasteiger partial charge on any atom is 0.410 e. The van der Waals surface area contributed by atoms with Crippen LogP contribution >= 0.6 is 11.6 Å². The van der Waals surface area contributed by atoms with Gasteiger partial charge in [0.15, 0.2) is 0 Å². The van der Waals surface area contributed by atoms with E-state index in [-0.39, 0.29) is 43.4 Å². The molecule has 10 nitrogen and oxygen atoms in total. The number of carbonyl (C=O) groups is 4. The Hall–Kier alpha value is -3.89. The summed E-state index contributed by atoms with van der Waals surface area (Å²) in [5.74, 6) is -1.22. The van der Waals surface area contributed by atoms with Gasteiger partial charge in [0.05, 0.1) is 12.0 Å². The van der Waals surface area contributed by atoms with Gasteiger partial charge in [-0.2, -0.15) is 0 Å². The van der Waals surface area contributed by atoms with Crippen molar-refractivity contribution < 1.29 is 28.7 Å². The average Bonchev–Trinajstić information content (AvgIpc) is 2.88. The first kappa shape index (κ1) is 26.2. The molecule has 3 amide bonds. The molecule has 3 N–H and O–H groups in total. The molecule has 0 radical (unpaired) electrons. The van der Waals surface area contributed by atoms with E-state index < -0.39 is 18.9 Å². The number of amides is 3. The summed E-state index contributed by atoms with van der Waals surface area (Å²) in [5.41, 5.74) is 6.82. The summed E-state index contributed by atoms with van der Waals surface area (Å²) in [6.07, 6.45) is -0.208. The van der Waals surface area contributed by atoms with Gasteiger partial charge < -0.3 is 20.1 Å². The summed E-state index contributed by atoms with van der Waals surface area (Å²) < 4.78 is 10.0. The normalized spacial score (nSPS) is 18.1. The average molecular weight is 527 g/mol. The van der Waals surface area contributed by atoms with Gasteiger partial charge >= 0.3 is 12.1 Å². The molecule has 2 heterocycles. The number of nitrogens with zero attached hydrogens (tertiary/aromatic N) is 1. The lowest BCUT2D eigenvalue weighted by Crippen LogP contribution is -2.46. The van der Waals surface area contributed by atoms with E-state index in [9.17, 15) is 19.2 Å². The fourth-order valence-electron chi connectivity index (χ4n) is 4.04. The zero-order chi connectivity index (χ0) is 26.4. The minimum atomic E-state index is -0.774.